The molecule has 1 aliphatic heterocycles. The van der Waals surface area contributed by atoms with Gasteiger partial charge >= 0.3 is 0 Å². The molecule has 4 rings (SSSR count). The lowest BCUT2D eigenvalue weighted by Gasteiger charge is -2.31. The van der Waals surface area contributed by atoms with Crippen LogP contribution in [0.25, 0.3) is 10.6 Å². The number of piperidine rings is 1. The second kappa shape index (κ2) is 7.84. The van der Waals surface area contributed by atoms with Gasteiger partial charge in [0, 0.05) is 24.7 Å². The number of thiophene rings is 1. The zero-order valence-corrected chi connectivity index (χ0v) is 15.9. The normalized spacial score (nSPS) is 14.9. The van der Waals surface area contributed by atoms with E-state index in [-0.39, 0.29) is 11.8 Å². The second-order valence-corrected chi connectivity index (χ2v) is 7.62. The Morgan fingerprint density at radius 1 is 1.11 bits per heavy atom. The highest BCUT2D eigenvalue weighted by atomic mass is 32.1. The molecule has 3 aromatic rings. The summed E-state index contributed by atoms with van der Waals surface area (Å²) < 4.78 is 0. The smallest absolute Gasteiger partial charge is 0.228 e. The van der Waals surface area contributed by atoms with Crippen molar-refractivity contribution in [3.05, 3.63) is 53.5 Å². The highest BCUT2D eigenvalue weighted by molar-refractivity contribution is 7.13. The van der Waals surface area contributed by atoms with Crippen molar-refractivity contribution in [3.8, 4) is 10.6 Å². The molecule has 0 saturated carbocycles. The van der Waals surface area contributed by atoms with Gasteiger partial charge in [0.25, 0.3) is 0 Å². The molecule has 3 aromatic heterocycles. The number of pyridine rings is 1. The predicted molar refractivity (Wildman–Crippen MR) is 108 cm³/mol. The Morgan fingerprint density at radius 2 is 1.96 bits per heavy atom. The Kier molecular flexibility index (Phi) is 5.11. The number of nitrogens with zero attached hydrogens (tertiary/aromatic N) is 4. The minimum atomic E-state index is 0.00177. The average Bonchev–Trinajstić information content (AvgIpc) is 3.23. The van der Waals surface area contributed by atoms with Gasteiger partial charge in [0.2, 0.25) is 5.91 Å². The molecule has 1 aliphatic rings. The van der Waals surface area contributed by atoms with Crippen molar-refractivity contribution in [2.24, 2.45) is 5.92 Å². The van der Waals surface area contributed by atoms with Crippen LogP contribution in [0.5, 0.6) is 0 Å². The van der Waals surface area contributed by atoms with Crippen LogP contribution >= 0.6 is 11.3 Å². The van der Waals surface area contributed by atoms with Crippen LogP contribution in [0.15, 0.2) is 47.8 Å². The summed E-state index contributed by atoms with van der Waals surface area (Å²) in [6.45, 7) is 3.51. The first-order valence-electron chi connectivity index (χ1n) is 9.06. The summed E-state index contributed by atoms with van der Waals surface area (Å²) in [6.07, 6.45) is 1.60. The van der Waals surface area contributed by atoms with Crippen molar-refractivity contribution < 1.29 is 4.79 Å². The zero-order chi connectivity index (χ0) is 18.6. The summed E-state index contributed by atoms with van der Waals surface area (Å²) in [7, 11) is 0. The number of anilines is 2. The lowest BCUT2D eigenvalue weighted by molar-refractivity contribution is -0.120. The van der Waals surface area contributed by atoms with E-state index in [0.29, 0.717) is 5.82 Å². The summed E-state index contributed by atoms with van der Waals surface area (Å²) in [6, 6.07) is 13.7. The first-order chi connectivity index (χ1) is 13.2. The number of carbonyl (C=O) groups excluding carboxylic acids is 1. The van der Waals surface area contributed by atoms with Crippen LogP contribution in [0.1, 0.15) is 18.5 Å². The maximum absolute atomic E-state index is 12.5. The van der Waals surface area contributed by atoms with Crippen LogP contribution in [-0.4, -0.2) is 34.2 Å². The fraction of sp³-hybridized carbons (Fsp3) is 0.300. The van der Waals surface area contributed by atoms with E-state index in [2.05, 4.69) is 25.4 Å². The van der Waals surface area contributed by atoms with Gasteiger partial charge in [-0.15, -0.1) is 21.5 Å². The third-order valence-corrected chi connectivity index (χ3v) is 5.65. The molecule has 7 heteroatoms. The number of aromatic nitrogens is 3. The monoisotopic (exact) mass is 379 g/mol. The summed E-state index contributed by atoms with van der Waals surface area (Å²) >= 11 is 1.66. The third kappa shape index (κ3) is 4.14. The van der Waals surface area contributed by atoms with Gasteiger partial charge in [-0.05, 0) is 55.5 Å². The van der Waals surface area contributed by atoms with Crippen LogP contribution in [0, 0.1) is 12.8 Å². The first-order valence-corrected chi connectivity index (χ1v) is 9.94. The van der Waals surface area contributed by atoms with Gasteiger partial charge in [0.1, 0.15) is 11.5 Å². The molecule has 0 bridgehead atoms. The molecular formula is C20H21N5OS. The van der Waals surface area contributed by atoms with Crippen molar-refractivity contribution >= 4 is 28.9 Å². The number of amides is 1. The van der Waals surface area contributed by atoms with E-state index in [1.807, 2.05) is 54.8 Å². The Balaban J connectivity index is 1.34. The van der Waals surface area contributed by atoms with E-state index in [4.69, 9.17) is 0 Å². The maximum Gasteiger partial charge on any atom is 0.228 e. The zero-order valence-electron chi connectivity index (χ0n) is 15.1. The van der Waals surface area contributed by atoms with E-state index in [9.17, 15) is 4.79 Å². The minimum absolute atomic E-state index is 0.00177. The van der Waals surface area contributed by atoms with Crippen molar-refractivity contribution in [1.29, 1.82) is 0 Å². The fourth-order valence-electron chi connectivity index (χ4n) is 3.26. The molecule has 4 heterocycles. The van der Waals surface area contributed by atoms with Gasteiger partial charge in [-0.2, -0.15) is 0 Å². The predicted octanol–water partition coefficient (Wildman–Crippen LogP) is 3.76. The Labute approximate surface area is 162 Å². The molecule has 1 N–H and O–H groups in total. The van der Waals surface area contributed by atoms with Crippen molar-refractivity contribution in [1.82, 2.24) is 15.2 Å². The molecule has 1 amide bonds. The Bertz CT molecular complexity index is 902. The summed E-state index contributed by atoms with van der Waals surface area (Å²) in [5.41, 5.74) is 1.79. The summed E-state index contributed by atoms with van der Waals surface area (Å²) in [5.74, 6) is 1.54. The van der Waals surface area contributed by atoms with Gasteiger partial charge < -0.3 is 10.2 Å². The Morgan fingerprint density at radius 3 is 2.63 bits per heavy atom. The summed E-state index contributed by atoms with van der Waals surface area (Å²) in [4.78, 5) is 20.2. The first kappa shape index (κ1) is 17.6. The van der Waals surface area contributed by atoms with Crippen LogP contribution in [0.4, 0.5) is 11.6 Å². The third-order valence-electron chi connectivity index (χ3n) is 4.75. The number of hydrogen-bond donors (Lipinski definition) is 1. The van der Waals surface area contributed by atoms with Crippen molar-refractivity contribution in [2.75, 3.05) is 23.3 Å². The van der Waals surface area contributed by atoms with Crippen LogP contribution in [0.3, 0.4) is 0 Å². The van der Waals surface area contributed by atoms with Crippen molar-refractivity contribution in [3.63, 3.8) is 0 Å². The highest BCUT2D eigenvalue weighted by Crippen LogP contribution is 2.26. The molecule has 0 aliphatic carbocycles. The fourth-order valence-corrected chi connectivity index (χ4v) is 3.95. The standard InChI is InChI=1S/C20H21N5OS/c1-14-4-2-6-18(21-14)22-20(26)15-9-11-25(12-10-15)19-8-7-16(23-24-19)17-5-3-13-27-17/h2-8,13,15H,9-12H2,1H3,(H,21,22,26). The van der Waals surface area contributed by atoms with Crippen LogP contribution in [-0.2, 0) is 4.79 Å². The topological polar surface area (TPSA) is 71.0 Å². The summed E-state index contributed by atoms with van der Waals surface area (Å²) in [5, 5.41) is 13.7. The molecule has 0 aromatic carbocycles. The molecule has 0 unspecified atom stereocenters. The van der Waals surface area contributed by atoms with Gasteiger partial charge in [-0.25, -0.2) is 4.98 Å². The van der Waals surface area contributed by atoms with Gasteiger partial charge in [0.05, 0.1) is 4.88 Å². The van der Waals surface area contributed by atoms with E-state index >= 15 is 0 Å². The van der Waals surface area contributed by atoms with Gasteiger partial charge in [-0.1, -0.05) is 12.1 Å². The quantitative estimate of drug-likeness (QED) is 0.747. The van der Waals surface area contributed by atoms with E-state index in [0.717, 1.165) is 48.0 Å². The molecule has 27 heavy (non-hydrogen) atoms. The number of nitrogens with one attached hydrogen (secondary N) is 1. The van der Waals surface area contributed by atoms with Gasteiger partial charge in [-0.3, -0.25) is 4.79 Å². The molecule has 6 nitrogen and oxygen atoms in total. The SMILES string of the molecule is Cc1cccc(NC(=O)C2CCN(c3ccc(-c4cccs4)nn3)CC2)n1. The lowest BCUT2D eigenvalue weighted by atomic mass is 9.96. The van der Waals surface area contributed by atoms with Crippen LogP contribution < -0.4 is 10.2 Å². The second-order valence-electron chi connectivity index (χ2n) is 6.67. The maximum atomic E-state index is 12.5. The minimum Gasteiger partial charge on any atom is -0.355 e. The Hall–Kier alpha value is -2.80. The molecule has 0 spiro atoms. The van der Waals surface area contributed by atoms with Crippen molar-refractivity contribution in [2.45, 2.75) is 19.8 Å². The van der Waals surface area contributed by atoms with E-state index in [1.165, 1.54) is 0 Å². The molecule has 0 atom stereocenters. The highest BCUT2D eigenvalue weighted by Gasteiger charge is 2.26. The number of hydrogen-bond acceptors (Lipinski definition) is 6. The van der Waals surface area contributed by atoms with Crippen LogP contribution in [0.2, 0.25) is 0 Å². The largest absolute Gasteiger partial charge is 0.355 e. The van der Waals surface area contributed by atoms with E-state index in [1.54, 1.807) is 11.3 Å². The number of carbonyl (C=O) groups is 1. The number of aryl methyl sites for hydroxylation is 1. The lowest BCUT2D eigenvalue weighted by Crippen LogP contribution is -2.38. The molecule has 1 saturated heterocycles. The molecule has 138 valence electrons. The molecule has 1 fully saturated rings. The number of rotatable bonds is 4. The van der Waals surface area contributed by atoms with E-state index < -0.39 is 0 Å². The molecule has 0 radical (unpaired) electrons. The molecular weight excluding hydrogens is 358 g/mol. The van der Waals surface area contributed by atoms with Gasteiger partial charge in [0.15, 0.2) is 5.82 Å². The average molecular weight is 379 g/mol.